The molecular weight excluding hydrogens is 182 g/mol. The van der Waals surface area contributed by atoms with Crippen molar-refractivity contribution in [3.63, 3.8) is 0 Å². The monoisotopic (exact) mass is 209 g/mol. The lowest BCUT2D eigenvalue weighted by Crippen LogP contribution is -2.32. The molecule has 1 nitrogen and oxygen atoms in total. The summed E-state index contributed by atoms with van der Waals surface area (Å²) in [6.45, 7) is 13.1. The standard InChI is InChI=1S/C14H27N/c1-5-15-10-13-7-6-12(4)9-14(13)8-11(2)3/h12-15H,2,5-10H2,1,3-4H3. The van der Waals surface area contributed by atoms with Gasteiger partial charge in [0.25, 0.3) is 0 Å². The average molecular weight is 209 g/mol. The summed E-state index contributed by atoms with van der Waals surface area (Å²) in [6, 6.07) is 0. The Morgan fingerprint density at radius 3 is 2.67 bits per heavy atom. The van der Waals surface area contributed by atoms with Crippen molar-refractivity contribution in [3.05, 3.63) is 12.2 Å². The van der Waals surface area contributed by atoms with Gasteiger partial charge in [0.15, 0.2) is 0 Å². The molecule has 0 spiro atoms. The first kappa shape index (κ1) is 12.8. The fourth-order valence-corrected chi connectivity index (χ4v) is 2.86. The van der Waals surface area contributed by atoms with E-state index in [0.29, 0.717) is 0 Å². The Hall–Kier alpha value is -0.300. The summed E-state index contributed by atoms with van der Waals surface area (Å²) in [7, 11) is 0. The molecule has 1 aliphatic carbocycles. The number of rotatable bonds is 5. The van der Waals surface area contributed by atoms with Gasteiger partial charge in [-0.3, -0.25) is 0 Å². The minimum Gasteiger partial charge on any atom is -0.317 e. The van der Waals surface area contributed by atoms with Gasteiger partial charge < -0.3 is 5.32 Å². The Bertz CT molecular complexity index is 196. The van der Waals surface area contributed by atoms with Crippen molar-refractivity contribution in [3.8, 4) is 0 Å². The molecule has 1 aliphatic rings. The molecule has 0 aromatic carbocycles. The van der Waals surface area contributed by atoms with Crippen molar-refractivity contribution in [2.24, 2.45) is 17.8 Å². The second-order valence-corrected chi connectivity index (χ2v) is 5.41. The normalized spacial score (nSPS) is 31.5. The molecule has 1 N–H and O–H groups in total. The van der Waals surface area contributed by atoms with Crippen molar-refractivity contribution >= 4 is 0 Å². The second-order valence-electron chi connectivity index (χ2n) is 5.41. The summed E-state index contributed by atoms with van der Waals surface area (Å²) in [5.74, 6) is 2.69. The fraction of sp³-hybridized carbons (Fsp3) is 0.857. The van der Waals surface area contributed by atoms with E-state index in [1.165, 1.54) is 37.8 Å². The van der Waals surface area contributed by atoms with Gasteiger partial charge in [-0.05, 0) is 57.0 Å². The second kappa shape index (κ2) is 6.32. The first-order chi connectivity index (χ1) is 7.13. The van der Waals surface area contributed by atoms with Gasteiger partial charge in [-0.2, -0.15) is 0 Å². The fourth-order valence-electron chi connectivity index (χ4n) is 2.86. The maximum Gasteiger partial charge on any atom is -0.00179 e. The van der Waals surface area contributed by atoms with Crippen LogP contribution in [-0.2, 0) is 0 Å². The van der Waals surface area contributed by atoms with E-state index in [9.17, 15) is 0 Å². The molecule has 3 unspecified atom stereocenters. The SMILES string of the molecule is C=C(C)CC1CC(C)CCC1CNCC. The van der Waals surface area contributed by atoms with Gasteiger partial charge in [0.1, 0.15) is 0 Å². The van der Waals surface area contributed by atoms with Crippen LogP contribution in [0, 0.1) is 17.8 Å². The maximum atomic E-state index is 4.07. The maximum absolute atomic E-state index is 4.07. The summed E-state index contributed by atoms with van der Waals surface area (Å²) in [5.41, 5.74) is 1.36. The predicted octanol–water partition coefficient (Wildman–Crippen LogP) is 3.61. The van der Waals surface area contributed by atoms with E-state index in [-0.39, 0.29) is 0 Å². The van der Waals surface area contributed by atoms with Crippen LogP contribution in [0.3, 0.4) is 0 Å². The van der Waals surface area contributed by atoms with E-state index in [2.05, 4.69) is 32.7 Å². The highest BCUT2D eigenvalue weighted by Gasteiger charge is 2.27. The van der Waals surface area contributed by atoms with Gasteiger partial charge in [-0.25, -0.2) is 0 Å². The topological polar surface area (TPSA) is 12.0 Å². The van der Waals surface area contributed by atoms with Gasteiger partial charge in [-0.1, -0.05) is 25.8 Å². The Balaban J connectivity index is 2.46. The highest BCUT2D eigenvalue weighted by molar-refractivity contribution is 4.94. The highest BCUT2D eigenvalue weighted by atomic mass is 14.8. The summed E-state index contributed by atoms with van der Waals surface area (Å²) < 4.78 is 0. The van der Waals surface area contributed by atoms with E-state index in [1.807, 2.05) is 0 Å². The van der Waals surface area contributed by atoms with Crippen LogP contribution in [0.1, 0.15) is 46.5 Å². The summed E-state index contributed by atoms with van der Waals surface area (Å²) in [5, 5.41) is 3.51. The lowest BCUT2D eigenvalue weighted by Gasteiger charge is -2.35. The predicted molar refractivity (Wildman–Crippen MR) is 68.0 cm³/mol. The number of nitrogens with one attached hydrogen (secondary N) is 1. The quantitative estimate of drug-likeness (QED) is 0.682. The summed E-state index contributed by atoms with van der Waals surface area (Å²) in [4.78, 5) is 0. The molecule has 3 atom stereocenters. The van der Waals surface area contributed by atoms with Crippen molar-refractivity contribution in [2.75, 3.05) is 13.1 Å². The van der Waals surface area contributed by atoms with E-state index in [0.717, 1.165) is 24.3 Å². The third-order valence-electron chi connectivity index (χ3n) is 3.67. The highest BCUT2D eigenvalue weighted by Crippen LogP contribution is 2.36. The van der Waals surface area contributed by atoms with Gasteiger partial charge >= 0.3 is 0 Å². The lowest BCUT2D eigenvalue weighted by molar-refractivity contribution is 0.184. The van der Waals surface area contributed by atoms with Crippen LogP contribution in [0.5, 0.6) is 0 Å². The lowest BCUT2D eigenvalue weighted by atomic mass is 9.72. The van der Waals surface area contributed by atoms with Crippen molar-refractivity contribution in [1.82, 2.24) is 5.32 Å². The Labute approximate surface area is 95.3 Å². The summed E-state index contributed by atoms with van der Waals surface area (Å²) >= 11 is 0. The molecule has 0 radical (unpaired) electrons. The largest absolute Gasteiger partial charge is 0.317 e. The Morgan fingerprint density at radius 1 is 1.33 bits per heavy atom. The van der Waals surface area contributed by atoms with Crippen molar-refractivity contribution in [2.45, 2.75) is 46.5 Å². The van der Waals surface area contributed by atoms with Crippen LogP contribution in [-0.4, -0.2) is 13.1 Å². The van der Waals surface area contributed by atoms with E-state index < -0.39 is 0 Å². The van der Waals surface area contributed by atoms with E-state index in [1.54, 1.807) is 0 Å². The van der Waals surface area contributed by atoms with Gasteiger partial charge in [-0.15, -0.1) is 6.58 Å². The van der Waals surface area contributed by atoms with Crippen molar-refractivity contribution in [1.29, 1.82) is 0 Å². The smallest absolute Gasteiger partial charge is 0.00179 e. The van der Waals surface area contributed by atoms with Crippen LogP contribution in [0.25, 0.3) is 0 Å². The Morgan fingerprint density at radius 2 is 2.07 bits per heavy atom. The molecule has 1 fully saturated rings. The molecular formula is C14H27N. The van der Waals surface area contributed by atoms with E-state index >= 15 is 0 Å². The number of hydrogen-bond acceptors (Lipinski definition) is 1. The molecule has 0 aromatic rings. The summed E-state index contributed by atoms with van der Waals surface area (Å²) in [6.07, 6.45) is 5.47. The van der Waals surface area contributed by atoms with Crippen LogP contribution < -0.4 is 5.32 Å². The third kappa shape index (κ3) is 4.38. The van der Waals surface area contributed by atoms with E-state index in [4.69, 9.17) is 0 Å². The minimum atomic E-state index is 0.880. The molecule has 1 heteroatoms. The van der Waals surface area contributed by atoms with Crippen LogP contribution in [0.4, 0.5) is 0 Å². The third-order valence-corrected chi connectivity index (χ3v) is 3.67. The first-order valence-electron chi connectivity index (χ1n) is 6.48. The molecule has 0 aromatic heterocycles. The van der Waals surface area contributed by atoms with Gasteiger partial charge in [0, 0.05) is 0 Å². The number of hydrogen-bond donors (Lipinski definition) is 1. The molecule has 15 heavy (non-hydrogen) atoms. The molecule has 0 aliphatic heterocycles. The molecule has 88 valence electrons. The van der Waals surface area contributed by atoms with Crippen LogP contribution in [0.15, 0.2) is 12.2 Å². The Kier molecular flexibility index (Phi) is 5.38. The zero-order valence-electron chi connectivity index (χ0n) is 10.7. The number of allylic oxidation sites excluding steroid dienone is 1. The first-order valence-corrected chi connectivity index (χ1v) is 6.48. The van der Waals surface area contributed by atoms with Gasteiger partial charge in [0.2, 0.25) is 0 Å². The average Bonchev–Trinajstić information content (AvgIpc) is 2.16. The molecule has 1 saturated carbocycles. The van der Waals surface area contributed by atoms with Crippen LogP contribution in [0.2, 0.25) is 0 Å². The minimum absolute atomic E-state index is 0.880. The molecule has 0 amide bonds. The zero-order chi connectivity index (χ0) is 11.3. The molecule has 1 rings (SSSR count). The van der Waals surface area contributed by atoms with Crippen LogP contribution >= 0.6 is 0 Å². The molecule has 0 saturated heterocycles. The molecule has 0 heterocycles. The molecule has 0 bridgehead atoms. The zero-order valence-corrected chi connectivity index (χ0v) is 10.7. The van der Waals surface area contributed by atoms with Crippen molar-refractivity contribution < 1.29 is 0 Å². The van der Waals surface area contributed by atoms with Gasteiger partial charge in [0.05, 0.1) is 0 Å².